The molecule has 0 N–H and O–H groups in total. The van der Waals surface area contributed by atoms with E-state index in [1.807, 2.05) is 17.0 Å². The van der Waals surface area contributed by atoms with Gasteiger partial charge in [-0.2, -0.15) is 0 Å². The number of aromatic nitrogens is 2. The summed E-state index contributed by atoms with van der Waals surface area (Å²) in [5.74, 6) is 0.314. The molecule has 1 aromatic heterocycles. The van der Waals surface area contributed by atoms with Gasteiger partial charge in [0.1, 0.15) is 5.69 Å². The minimum atomic E-state index is -0.0334. The van der Waals surface area contributed by atoms with Crippen LogP contribution < -0.4 is 0 Å². The van der Waals surface area contributed by atoms with Crippen molar-refractivity contribution in [2.75, 3.05) is 13.1 Å². The standard InChI is InChI=1S/C17H18ClN3O/c18-15-6-4-13(5-7-15)14-3-1-2-10-21(12-14)17(22)16-11-19-8-9-20-16/h4-9,11,14H,1-3,10,12H2/t14-/m0/s1. The molecule has 1 atom stereocenters. The maximum atomic E-state index is 12.6. The average molecular weight is 316 g/mol. The number of rotatable bonds is 2. The SMILES string of the molecule is O=C(c1cnccn1)N1CCCC[C@H](c2ccc(Cl)cc2)C1. The third-order valence-electron chi connectivity index (χ3n) is 4.08. The van der Waals surface area contributed by atoms with Crippen LogP contribution in [0.15, 0.2) is 42.9 Å². The first-order valence-corrected chi connectivity index (χ1v) is 7.92. The number of hydrogen-bond acceptors (Lipinski definition) is 3. The number of nitrogens with zero attached hydrogens (tertiary/aromatic N) is 3. The Morgan fingerprint density at radius 1 is 1.18 bits per heavy atom. The van der Waals surface area contributed by atoms with E-state index in [1.165, 1.54) is 11.8 Å². The number of likely N-dealkylation sites (tertiary alicyclic amines) is 1. The molecule has 2 heterocycles. The summed E-state index contributed by atoms with van der Waals surface area (Å²) in [7, 11) is 0. The van der Waals surface area contributed by atoms with E-state index >= 15 is 0 Å². The van der Waals surface area contributed by atoms with Gasteiger partial charge in [-0.1, -0.05) is 30.2 Å². The Hall–Kier alpha value is -1.94. The van der Waals surface area contributed by atoms with Crippen LogP contribution in [0, 0.1) is 0 Å². The Morgan fingerprint density at radius 2 is 2.00 bits per heavy atom. The molecule has 0 bridgehead atoms. The molecule has 114 valence electrons. The number of carbonyl (C=O) groups excluding carboxylic acids is 1. The van der Waals surface area contributed by atoms with E-state index in [-0.39, 0.29) is 5.91 Å². The first-order valence-electron chi connectivity index (χ1n) is 7.55. The molecular formula is C17H18ClN3O. The molecule has 1 aromatic carbocycles. The Balaban J connectivity index is 1.78. The van der Waals surface area contributed by atoms with Gasteiger partial charge in [0.2, 0.25) is 0 Å². The zero-order valence-electron chi connectivity index (χ0n) is 12.3. The van der Waals surface area contributed by atoms with Gasteiger partial charge in [-0.25, -0.2) is 4.98 Å². The van der Waals surface area contributed by atoms with Crippen LogP contribution >= 0.6 is 11.6 Å². The maximum Gasteiger partial charge on any atom is 0.274 e. The monoisotopic (exact) mass is 315 g/mol. The number of amides is 1. The van der Waals surface area contributed by atoms with Gasteiger partial charge < -0.3 is 4.90 Å². The highest BCUT2D eigenvalue weighted by Gasteiger charge is 2.24. The zero-order valence-corrected chi connectivity index (χ0v) is 13.0. The third kappa shape index (κ3) is 3.45. The average Bonchev–Trinajstić information content (AvgIpc) is 2.82. The number of carbonyl (C=O) groups is 1. The molecule has 0 spiro atoms. The number of halogens is 1. The van der Waals surface area contributed by atoms with E-state index in [0.717, 1.165) is 37.4 Å². The molecule has 1 fully saturated rings. The molecule has 2 aromatic rings. The maximum absolute atomic E-state index is 12.6. The van der Waals surface area contributed by atoms with Gasteiger partial charge in [-0.15, -0.1) is 0 Å². The van der Waals surface area contributed by atoms with Crippen LogP contribution in [0.5, 0.6) is 0 Å². The van der Waals surface area contributed by atoms with Gasteiger partial charge in [0.05, 0.1) is 6.20 Å². The molecule has 0 aliphatic carbocycles. The summed E-state index contributed by atoms with van der Waals surface area (Å²) in [6.07, 6.45) is 7.90. The second-order valence-corrected chi connectivity index (χ2v) is 6.02. The largest absolute Gasteiger partial charge is 0.337 e. The first-order chi connectivity index (χ1) is 10.7. The van der Waals surface area contributed by atoms with Gasteiger partial charge >= 0.3 is 0 Å². The third-order valence-corrected chi connectivity index (χ3v) is 4.33. The van der Waals surface area contributed by atoms with E-state index in [9.17, 15) is 4.79 Å². The second-order valence-electron chi connectivity index (χ2n) is 5.59. The molecule has 4 nitrogen and oxygen atoms in total. The van der Waals surface area contributed by atoms with Gasteiger partial charge in [0, 0.05) is 36.4 Å². The van der Waals surface area contributed by atoms with E-state index < -0.39 is 0 Å². The van der Waals surface area contributed by atoms with Crippen molar-refractivity contribution in [3.05, 3.63) is 59.1 Å². The number of hydrogen-bond donors (Lipinski definition) is 0. The molecule has 1 aliphatic rings. The predicted octanol–water partition coefficient (Wildman–Crippen LogP) is 3.54. The lowest BCUT2D eigenvalue weighted by Crippen LogP contribution is -2.34. The summed E-state index contributed by atoms with van der Waals surface area (Å²) in [5.41, 5.74) is 1.66. The van der Waals surface area contributed by atoms with E-state index in [4.69, 9.17) is 11.6 Å². The molecule has 3 rings (SSSR count). The van der Waals surface area contributed by atoms with Crippen molar-refractivity contribution in [2.45, 2.75) is 25.2 Å². The predicted molar refractivity (Wildman–Crippen MR) is 86.0 cm³/mol. The quantitative estimate of drug-likeness (QED) is 0.851. The lowest BCUT2D eigenvalue weighted by atomic mass is 9.94. The molecule has 1 saturated heterocycles. The highest BCUT2D eigenvalue weighted by atomic mass is 35.5. The molecule has 1 aliphatic heterocycles. The van der Waals surface area contributed by atoms with Gasteiger partial charge in [-0.3, -0.25) is 9.78 Å². The van der Waals surface area contributed by atoms with E-state index in [2.05, 4.69) is 22.1 Å². The van der Waals surface area contributed by atoms with Crippen LogP contribution in [0.1, 0.15) is 41.2 Å². The Labute approximate surface area is 135 Å². The molecule has 1 amide bonds. The van der Waals surface area contributed by atoms with E-state index in [1.54, 1.807) is 12.4 Å². The van der Waals surface area contributed by atoms with Crippen LogP contribution in [-0.4, -0.2) is 33.9 Å². The van der Waals surface area contributed by atoms with Gasteiger partial charge in [0.15, 0.2) is 0 Å². The Bertz CT molecular complexity index is 630. The lowest BCUT2D eigenvalue weighted by Gasteiger charge is -2.24. The second kappa shape index (κ2) is 6.88. The van der Waals surface area contributed by atoms with Crippen LogP contribution in [0.2, 0.25) is 5.02 Å². The van der Waals surface area contributed by atoms with Crippen molar-refractivity contribution in [3.63, 3.8) is 0 Å². The normalized spacial score (nSPS) is 18.8. The van der Waals surface area contributed by atoms with Crippen molar-refractivity contribution in [1.82, 2.24) is 14.9 Å². The van der Waals surface area contributed by atoms with Gasteiger partial charge in [-0.05, 0) is 30.5 Å². The van der Waals surface area contributed by atoms with Crippen LogP contribution in [0.4, 0.5) is 0 Å². The Kier molecular flexibility index (Phi) is 4.68. The smallest absolute Gasteiger partial charge is 0.274 e. The minimum Gasteiger partial charge on any atom is -0.337 e. The first kappa shape index (κ1) is 15.0. The van der Waals surface area contributed by atoms with Gasteiger partial charge in [0.25, 0.3) is 5.91 Å². The molecule has 22 heavy (non-hydrogen) atoms. The fraction of sp³-hybridized carbons (Fsp3) is 0.353. The highest BCUT2D eigenvalue weighted by molar-refractivity contribution is 6.30. The molecular weight excluding hydrogens is 298 g/mol. The fourth-order valence-electron chi connectivity index (χ4n) is 2.91. The van der Waals surface area contributed by atoms with Crippen molar-refractivity contribution < 1.29 is 4.79 Å². The van der Waals surface area contributed by atoms with Crippen molar-refractivity contribution >= 4 is 17.5 Å². The molecule has 5 heteroatoms. The van der Waals surface area contributed by atoms with Crippen LogP contribution in [-0.2, 0) is 0 Å². The molecule has 0 unspecified atom stereocenters. The Morgan fingerprint density at radius 3 is 2.73 bits per heavy atom. The van der Waals surface area contributed by atoms with Crippen molar-refractivity contribution in [3.8, 4) is 0 Å². The lowest BCUT2D eigenvalue weighted by molar-refractivity contribution is 0.0748. The fourth-order valence-corrected chi connectivity index (χ4v) is 3.03. The highest BCUT2D eigenvalue weighted by Crippen LogP contribution is 2.28. The summed E-state index contributed by atoms with van der Waals surface area (Å²) in [5, 5.41) is 0.741. The zero-order chi connectivity index (χ0) is 15.4. The van der Waals surface area contributed by atoms with Crippen LogP contribution in [0.3, 0.4) is 0 Å². The molecule has 0 saturated carbocycles. The summed E-state index contributed by atoms with van der Waals surface area (Å²) < 4.78 is 0. The summed E-state index contributed by atoms with van der Waals surface area (Å²) in [4.78, 5) is 22.6. The van der Waals surface area contributed by atoms with Crippen LogP contribution in [0.25, 0.3) is 0 Å². The minimum absolute atomic E-state index is 0.0334. The van der Waals surface area contributed by atoms with Crippen molar-refractivity contribution in [2.24, 2.45) is 0 Å². The van der Waals surface area contributed by atoms with Crippen molar-refractivity contribution in [1.29, 1.82) is 0 Å². The number of benzene rings is 1. The summed E-state index contributed by atoms with van der Waals surface area (Å²) in [6, 6.07) is 7.94. The topological polar surface area (TPSA) is 46.1 Å². The summed E-state index contributed by atoms with van der Waals surface area (Å²) >= 11 is 5.96. The molecule has 0 radical (unpaired) electrons. The van der Waals surface area contributed by atoms with E-state index in [0.29, 0.717) is 11.6 Å². The summed E-state index contributed by atoms with van der Waals surface area (Å²) in [6.45, 7) is 1.50.